The third-order valence-electron chi connectivity index (χ3n) is 7.07. The molecule has 1 saturated heterocycles. The first kappa shape index (κ1) is 25.0. The summed E-state index contributed by atoms with van der Waals surface area (Å²) in [5, 5.41) is 2.90. The van der Waals surface area contributed by atoms with Gasteiger partial charge in [-0.25, -0.2) is 0 Å². The second-order valence-electron chi connectivity index (χ2n) is 10.0. The highest BCUT2D eigenvalue weighted by Crippen LogP contribution is 2.45. The summed E-state index contributed by atoms with van der Waals surface area (Å²) in [4.78, 5) is 16.7. The van der Waals surface area contributed by atoms with Gasteiger partial charge < -0.3 is 10.2 Å². The van der Waals surface area contributed by atoms with Crippen LogP contribution in [-0.2, 0) is 4.79 Å². The number of rotatable bonds is 6. The number of nitrogens with zero attached hydrogens (tertiary/aromatic N) is 2. The summed E-state index contributed by atoms with van der Waals surface area (Å²) in [7, 11) is 0. The van der Waals surface area contributed by atoms with Crippen LogP contribution in [0.2, 0.25) is 0 Å². The molecular formula is C25H42ClN3O. The molecule has 0 spiro atoms. The topological polar surface area (TPSA) is 35.6 Å². The molecule has 4 nitrogen and oxygen atoms in total. The number of piperazine rings is 1. The van der Waals surface area contributed by atoms with Crippen LogP contribution in [0, 0.1) is 11.3 Å². The number of hydrogen-bond donors (Lipinski definition) is 1. The van der Waals surface area contributed by atoms with Gasteiger partial charge in [0.15, 0.2) is 0 Å². The Morgan fingerprint density at radius 2 is 1.67 bits per heavy atom. The summed E-state index contributed by atoms with van der Waals surface area (Å²) < 4.78 is 0. The quantitative estimate of drug-likeness (QED) is 0.676. The van der Waals surface area contributed by atoms with Crippen molar-refractivity contribution in [2.24, 2.45) is 11.3 Å². The fourth-order valence-electron chi connectivity index (χ4n) is 5.15. The highest BCUT2D eigenvalue weighted by molar-refractivity contribution is 5.85. The van der Waals surface area contributed by atoms with Gasteiger partial charge in [-0.3, -0.25) is 9.69 Å². The lowest BCUT2D eigenvalue weighted by Gasteiger charge is -2.40. The van der Waals surface area contributed by atoms with Crippen LogP contribution < -0.4 is 10.2 Å². The number of para-hydroxylation sites is 1. The number of halogens is 1. The summed E-state index contributed by atoms with van der Waals surface area (Å²) in [5.74, 6) is 1.74. The summed E-state index contributed by atoms with van der Waals surface area (Å²) >= 11 is 0. The van der Waals surface area contributed by atoms with E-state index < -0.39 is 0 Å². The molecule has 3 rings (SSSR count). The zero-order valence-corrected chi connectivity index (χ0v) is 20.3. The molecule has 0 aromatic heterocycles. The minimum absolute atomic E-state index is 0. The van der Waals surface area contributed by atoms with Crippen molar-refractivity contribution in [3.63, 3.8) is 0 Å². The molecule has 1 N–H and O–H groups in total. The van der Waals surface area contributed by atoms with E-state index in [1.54, 1.807) is 5.56 Å². The van der Waals surface area contributed by atoms with Crippen LogP contribution in [0.4, 0.5) is 5.69 Å². The summed E-state index contributed by atoms with van der Waals surface area (Å²) in [6.07, 6.45) is 5.98. The number of hydrogen-bond acceptors (Lipinski definition) is 3. The Labute approximate surface area is 190 Å². The van der Waals surface area contributed by atoms with Crippen LogP contribution in [0.5, 0.6) is 0 Å². The molecule has 0 atom stereocenters. The number of anilines is 1. The number of nitrogens with one attached hydrogen (secondary N) is 1. The Kier molecular flexibility index (Phi) is 9.49. The van der Waals surface area contributed by atoms with E-state index in [2.05, 4.69) is 60.2 Å². The van der Waals surface area contributed by atoms with E-state index in [9.17, 15) is 4.79 Å². The van der Waals surface area contributed by atoms with Gasteiger partial charge in [-0.1, -0.05) is 39.0 Å². The monoisotopic (exact) mass is 435 g/mol. The summed E-state index contributed by atoms with van der Waals surface area (Å²) in [6, 6.07) is 9.12. The van der Waals surface area contributed by atoms with Gasteiger partial charge in [-0.15, -0.1) is 12.4 Å². The van der Waals surface area contributed by atoms with Crippen molar-refractivity contribution in [3.05, 3.63) is 29.8 Å². The predicted octanol–water partition coefficient (Wildman–Crippen LogP) is 5.08. The molecule has 1 aliphatic heterocycles. The molecule has 1 saturated carbocycles. The first-order chi connectivity index (χ1) is 13.9. The first-order valence-electron chi connectivity index (χ1n) is 11.7. The van der Waals surface area contributed by atoms with Gasteiger partial charge in [0.1, 0.15) is 0 Å². The van der Waals surface area contributed by atoms with Crippen LogP contribution in [0.25, 0.3) is 0 Å². The van der Waals surface area contributed by atoms with E-state index in [-0.39, 0.29) is 18.3 Å². The second kappa shape index (κ2) is 11.4. The molecular weight excluding hydrogens is 394 g/mol. The lowest BCUT2D eigenvalue weighted by molar-refractivity contribution is -0.121. The summed E-state index contributed by atoms with van der Waals surface area (Å²) in [5.41, 5.74) is 3.46. The standard InChI is InChI=1S/C25H41N3O.ClH/c1-5-26-24(29)14-15-27-16-18-28(19-17-27)23-9-7-6-8-22(23)20-10-12-21(13-11-20)25(2,3)4;/h6-9,20-21H,5,10-19H2,1-4H3,(H,26,29);1H. The molecule has 1 amide bonds. The van der Waals surface area contributed by atoms with Crippen molar-refractivity contribution in [1.29, 1.82) is 0 Å². The minimum atomic E-state index is 0. The number of carbonyl (C=O) groups is 1. The van der Waals surface area contributed by atoms with E-state index >= 15 is 0 Å². The predicted molar refractivity (Wildman–Crippen MR) is 130 cm³/mol. The minimum Gasteiger partial charge on any atom is -0.369 e. The molecule has 0 radical (unpaired) electrons. The van der Waals surface area contributed by atoms with Crippen molar-refractivity contribution in [2.45, 2.75) is 65.7 Å². The molecule has 5 heteroatoms. The van der Waals surface area contributed by atoms with Crippen LogP contribution in [0.3, 0.4) is 0 Å². The maximum atomic E-state index is 11.7. The SMILES string of the molecule is CCNC(=O)CCN1CCN(c2ccccc2C2CCC(C(C)(C)C)CC2)CC1.Cl. The molecule has 1 aliphatic carbocycles. The Bertz CT molecular complexity index is 657. The van der Waals surface area contributed by atoms with Crippen LogP contribution >= 0.6 is 12.4 Å². The average molecular weight is 436 g/mol. The molecule has 30 heavy (non-hydrogen) atoms. The van der Waals surface area contributed by atoms with Crippen molar-refractivity contribution < 1.29 is 4.79 Å². The first-order valence-corrected chi connectivity index (χ1v) is 11.7. The lowest BCUT2D eigenvalue weighted by atomic mass is 9.68. The Morgan fingerprint density at radius 1 is 1.03 bits per heavy atom. The molecule has 0 bridgehead atoms. The average Bonchev–Trinajstić information content (AvgIpc) is 2.72. The van der Waals surface area contributed by atoms with Crippen molar-refractivity contribution in [2.75, 3.05) is 44.2 Å². The van der Waals surface area contributed by atoms with Crippen molar-refractivity contribution in [3.8, 4) is 0 Å². The van der Waals surface area contributed by atoms with E-state index in [1.165, 1.54) is 31.4 Å². The fraction of sp³-hybridized carbons (Fsp3) is 0.720. The molecule has 1 aromatic carbocycles. The number of amides is 1. The molecule has 1 heterocycles. The van der Waals surface area contributed by atoms with Crippen LogP contribution in [-0.4, -0.2) is 50.1 Å². The third kappa shape index (κ3) is 6.62. The zero-order chi connectivity index (χ0) is 20.9. The van der Waals surface area contributed by atoms with E-state index in [4.69, 9.17) is 0 Å². The molecule has 2 fully saturated rings. The van der Waals surface area contributed by atoms with Crippen molar-refractivity contribution >= 4 is 24.0 Å². The lowest BCUT2D eigenvalue weighted by Crippen LogP contribution is -2.47. The van der Waals surface area contributed by atoms with Gasteiger partial charge in [-0.2, -0.15) is 0 Å². The van der Waals surface area contributed by atoms with Crippen LogP contribution in [0.15, 0.2) is 24.3 Å². The largest absolute Gasteiger partial charge is 0.369 e. The van der Waals surface area contributed by atoms with E-state index in [0.717, 1.165) is 45.2 Å². The maximum Gasteiger partial charge on any atom is 0.221 e. The van der Waals surface area contributed by atoms with Crippen molar-refractivity contribution in [1.82, 2.24) is 10.2 Å². The number of benzene rings is 1. The second-order valence-corrected chi connectivity index (χ2v) is 10.0. The van der Waals surface area contributed by atoms with Crippen LogP contribution in [0.1, 0.15) is 71.3 Å². The van der Waals surface area contributed by atoms with Gasteiger partial charge in [0.25, 0.3) is 0 Å². The summed E-state index contributed by atoms with van der Waals surface area (Å²) in [6.45, 7) is 15.0. The Hall–Kier alpha value is -1.26. The van der Waals surface area contributed by atoms with Gasteiger partial charge >= 0.3 is 0 Å². The smallest absolute Gasteiger partial charge is 0.221 e. The van der Waals surface area contributed by atoms with Gasteiger partial charge in [0, 0.05) is 51.4 Å². The van der Waals surface area contributed by atoms with E-state index in [0.29, 0.717) is 17.8 Å². The van der Waals surface area contributed by atoms with E-state index in [1.807, 2.05) is 6.92 Å². The number of carbonyl (C=O) groups excluding carboxylic acids is 1. The Balaban J connectivity index is 0.00000320. The fourth-order valence-corrected chi connectivity index (χ4v) is 5.15. The Morgan fingerprint density at radius 3 is 2.27 bits per heavy atom. The normalized spacial score (nSPS) is 23.0. The van der Waals surface area contributed by atoms with Gasteiger partial charge in [0.05, 0.1) is 0 Å². The van der Waals surface area contributed by atoms with Gasteiger partial charge in [0.2, 0.25) is 5.91 Å². The highest BCUT2D eigenvalue weighted by Gasteiger charge is 2.31. The molecule has 2 aliphatic rings. The highest BCUT2D eigenvalue weighted by atomic mass is 35.5. The maximum absolute atomic E-state index is 11.7. The zero-order valence-electron chi connectivity index (χ0n) is 19.5. The molecule has 170 valence electrons. The molecule has 0 unspecified atom stereocenters. The van der Waals surface area contributed by atoms with Gasteiger partial charge in [-0.05, 0) is 61.5 Å². The molecule has 1 aromatic rings. The third-order valence-corrected chi connectivity index (χ3v) is 7.07.